The first-order chi connectivity index (χ1) is 31.5. The zero-order chi connectivity index (χ0) is 45.4. The van der Waals surface area contributed by atoms with E-state index in [1.807, 2.05) is 11.3 Å². The van der Waals surface area contributed by atoms with Gasteiger partial charge < -0.3 is 9.88 Å². The lowest BCUT2D eigenvalue weighted by Gasteiger charge is -2.27. The first kappa shape index (κ1) is 40.0. The van der Waals surface area contributed by atoms with Gasteiger partial charge in [-0.15, -0.1) is 11.3 Å². The molecule has 3 heterocycles. The van der Waals surface area contributed by atoms with Crippen LogP contribution in [0.15, 0.2) is 140 Å². The van der Waals surface area contributed by atoms with Gasteiger partial charge >= 0.3 is 0 Å². The predicted octanol–water partition coefficient (Wildman–Crippen LogP) is 15.5. The van der Waals surface area contributed by atoms with E-state index in [1.165, 1.54) is 125 Å². The smallest absolute Gasteiger partial charge is 0.198 e. The van der Waals surface area contributed by atoms with E-state index in [-0.39, 0.29) is 21.7 Å². The van der Waals surface area contributed by atoms with Crippen LogP contribution in [-0.4, -0.2) is 11.8 Å². The molecule has 3 aliphatic rings. The lowest BCUT2D eigenvalue weighted by atomic mass is 9.58. The zero-order valence-corrected chi connectivity index (χ0v) is 40.7. The molecule has 4 heteroatoms. The molecule has 0 fully saturated rings. The van der Waals surface area contributed by atoms with Crippen molar-refractivity contribution >= 4 is 82.9 Å². The fourth-order valence-corrected chi connectivity index (χ4v) is 13.4. The summed E-state index contributed by atoms with van der Waals surface area (Å²) in [6, 6.07) is 54.4. The quantitative estimate of drug-likeness (QED) is 0.175. The molecule has 8 aromatic carbocycles. The molecule has 2 aromatic heterocycles. The van der Waals surface area contributed by atoms with Crippen molar-refractivity contribution in [3.63, 3.8) is 0 Å². The molecule has 0 bridgehead atoms. The molecular formula is C62H55BN2S. The Hall–Kier alpha value is -6.36. The maximum atomic E-state index is 4.01. The minimum Gasteiger partial charge on any atom is -0.355 e. The van der Waals surface area contributed by atoms with Crippen LogP contribution in [-0.2, 0) is 21.7 Å². The average Bonchev–Trinajstić information content (AvgIpc) is 3.95. The van der Waals surface area contributed by atoms with Crippen LogP contribution in [0.3, 0.4) is 0 Å². The molecule has 0 saturated heterocycles. The second-order valence-electron chi connectivity index (χ2n) is 22.7. The molecule has 0 unspecified atom stereocenters. The van der Waals surface area contributed by atoms with E-state index in [0.717, 1.165) is 18.7 Å². The number of anilines is 2. The van der Waals surface area contributed by atoms with E-state index >= 15 is 0 Å². The van der Waals surface area contributed by atoms with Gasteiger partial charge in [-0.3, -0.25) is 0 Å². The number of aromatic nitrogens is 1. The Morgan fingerprint density at radius 3 is 1.77 bits per heavy atom. The topological polar surface area (TPSA) is 17.0 Å². The SMILES string of the molecule is CC(C)(C)c1ccc(Nc2cc3c(cc2-c2ccc4c5cc6c(cc5n5c4c2Bc2cc4c(cc2-5)-c2ccccc2C4(C)C)C(C)(C)c2ccccc2-6)sc2cc(C(C)(C)C)ccc23)cc1. The normalized spacial score (nSPS) is 15.2. The summed E-state index contributed by atoms with van der Waals surface area (Å²) in [6.45, 7) is 23.4. The zero-order valence-electron chi connectivity index (χ0n) is 39.8. The molecular weight excluding hydrogens is 816 g/mol. The van der Waals surface area contributed by atoms with Crippen LogP contribution in [0.4, 0.5) is 11.4 Å². The lowest BCUT2D eigenvalue weighted by molar-refractivity contribution is 0.590. The van der Waals surface area contributed by atoms with Crippen LogP contribution >= 0.6 is 11.3 Å². The summed E-state index contributed by atoms with van der Waals surface area (Å²) in [6.07, 6.45) is 0. The fraction of sp³-hybridized carbons (Fsp3) is 0.226. The van der Waals surface area contributed by atoms with E-state index in [4.69, 9.17) is 0 Å². The highest BCUT2D eigenvalue weighted by molar-refractivity contribution is 7.25. The number of hydrogen-bond acceptors (Lipinski definition) is 2. The summed E-state index contributed by atoms with van der Waals surface area (Å²) in [4.78, 5) is 0. The van der Waals surface area contributed by atoms with Gasteiger partial charge in [0.15, 0.2) is 7.28 Å². The van der Waals surface area contributed by atoms with Gasteiger partial charge in [0, 0.05) is 69.9 Å². The Labute approximate surface area is 393 Å². The minimum absolute atomic E-state index is 0.0751. The monoisotopic (exact) mass is 870 g/mol. The van der Waals surface area contributed by atoms with Gasteiger partial charge in [-0.25, -0.2) is 0 Å². The maximum Gasteiger partial charge on any atom is 0.198 e. The van der Waals surface area contributed by atoms with Crippen LogP contribution in [0.25, 0.3) is 81.0 Å². The Morgan fingerprint density at radius 1 is 0.485 bits per heavy atom. The van der Waals surface area contributed by atoms with Crippen LogP contribution in [0.2, 0.25) is 0 Å². The largest absolute Gasteiger partial charge is 0.355 e. The summed E-state index contributed by atoms with van der Waals surface area (Å²) in [5.41, 5.74) is 25.3. The van der Waals surface area contributed by atoms with Crippen molar-refractivity contribution in [1.29, 1.82) is 0 Å². The predicted molar refractivity (Wildman–Crippen MR) is 288 cm³/mol. The molecule has 1 N–H and O–H groups in total. The van der Waals surface area contributed by atoms with Gasteiger partial charge in [0.05, 0.1) is 5.52 Å². The fourth-order valence-electron chi connectivity index (χ4n) is 12.2. The molecule has 0 atom stereocenters. The molecule has 1 aliphatic heterocycles. The summed E-state index contributed by atoms with van der Waals surface area (Å²) in [5, 5.41) is 9.28. The molecule has 2 nitrogen and oxygen atoms in total. The molecule has 13 rings (SSSR count). The van der Waals surface area contributed by atoms with Crippen molar-refractivity contribution in [2.24, 2.45) is 0 Å². The average molecular weight is 871 g/mol. The molecule has 0 radical (unpaired) electrons. The van der Waals surface area contributed by atoms with Crippen molar-refractivity contribution < 1.29 is 0 Å². The summed E-state index contributed by atoms with van der Waals surface area (Å²) in [7, 11) is 0.852. The Kier molecular flexibility index (Phi) is 7.97. The van der Waals surface area contributed by atoms with Crippen LogP contribution < -0.4 is 16.2 Å². The van der Waals surface area contributed by atoms with E-state index in [9.17, 15) is 0 Å². The molecule has 0 spiro atoms. The number of rotatable bonds is 3. The first-order valence-corrected chi connectivity index (χ1v) is 24.7. The summed E-state index contributed by atoms with van der Waals surface area (Å²) >= 11 is 1.93. The number of thiophene rings is 1. The Bertz CT molecular complexity index is 3770. The van der Waals surface area contributed by atoms with Gasteiger partial charge in [-0.05, 0) is 126 Å². The third-order valence-electron chi connectivity index (χ3n) is 15.9. The van der Waals surface area contributed by atoms with Crippen molar-refractivity contribution in [3.8, 4) is 39.1 Å². The van der Waals surface area contributed by atoms with Gasteiger partial charge in [0.1, 0.15) is 0 Å². The number of nitrogens with one attached hydrogen (secondary N) is 1. The van der Waals surface area contributed by atoms with Crippen molar-refractivity contribution in [2.75, 3.05) is 5.32 Å². The van der Waals surface area contributed by atoms with Gasteiger partial charge in [-0.1, -0.05) is 166 Å². The van der Waals surface area contributed by atoms with Crippen molar-refractivity contribution in [2.45, 2.75) is 90.9 Å². The maximum absolute atomic E-state index is 4.01. The van der Waals surface area contributed by atoms with Crippen LogP contribution in [0.5, 0.6) is 0 Å². The molecule has 0 saturated carbocycles. The molecule has 10 aromatic rings. The van der Waals surface area contributed by atoms with Gasteiger partial charge in [0.25, 0.3) is 0 Å². The van der Waals surface area contributed by atoms with E-state index < -0.39 is 0 Å². The van der Waals surface area contributed by atoms with E-state index in [2.05, 4.69) is 219 Å². The molecule has 0 amide bonds. The van der Waals surface area contributed by atoms with E-state index in [1.54, 1.807) is 0 Å². The number of hydrogen-bond donors (Lipinski definition) is 1. The highest BCUT2D eigenvalue weighted by atomic mass is 32.1. The highest BCUT2D eigenvalue weighted by Crippen LogP contribution is 2.53. The summed E-state index contributed by atoms with van der Waals surface area (Å²) in [5.74, 6) is 0. The minimum atomic E-state index is -0.109. The van der Waals surface area contributed by atoms with Crippen LogP contribution in [0, 0.1) is 0 Å². The highest BCUT2D eigenvalue weighted by Gasteiger charge is 2.40. The first-order valence-electron chi connectivity index (χ1n) is 23.9. The summed E-state index contributed by atoms with van der Waals surface area (Å²) < 4.78 is 5.33. The Morgan fingerprint density at radius 2 is 1.09 bits per heavy atom. The molecule has 322 valence electrons. The standard InChI is InChI=1S/C62H55BN2S/c1-59(2,3)34-19-22-36(23-20-34)64-52-29-46-39-24-21-35(60(4,5)6)27-55(39)66-56(46)31-44(52)40-25-26-41-45-28-42-37-15-11-13-17-47(37)62(9,10)50(42)33-53(45)65-54-30-43-38-16-12-14-18-48(38)61(7,8)49(43)32-51(54)63-57(40)58(41)65/h11-33,63-64H,1-10H3. The lowest BCUT2D eigenvalue weighted by Crippen LogP contribution is -2.38. The second kappa shape index (κ2) is 13.2. The molecule has 66 heavy (non-hydrogen) atoms. The number of nitrogens with zero attached hydrogens (tertiary/aromatic N) is 1. The third-order valence-corrected chi connectivity index (χ3v) is 17.0. The Balaban J connectivity index is 1.10. The van der Waals surface area contributed by atoms with Gasteiger partial charge in [-0.2, -0.15) is 0 Å². The number of fused-ring (bicyclic) bond motifs is 14. The van der Waals surface area contributed by atoms with Crippen molar-refractivity contribution in [3.05, 3.63) is 173 Å². The van der Waals surface area contributed by atoms with E-state index in [0.29, 0.717) is 0 Å². The third kappa shape index (κ3) is 5.48. The van der Waals surface area contributed by atoms with Crippen molar-refractivity contribution in [1.82, 2.24) is 4.57 Å². The number of benzene rings is 8. The van der Waals surface area contributed by atoms with Gasteiger partial charge in [0.2, 0.25) is 0 Å². The second-order valence-corrected chi connectivity index (χ2v) is 23.8. The molecule has 2 aliphatic carbocycles. The van der Waals surface area contributed by atoms with Crippen LogP contribution in [0.1, 0.15) is 103 Å².